The first kappa shape index (κ1) is 24.4. The molecule has 0 spiro atoms. The van der Waals surface area contributed by atoms with Crippen LogP contribution >= 0.6 is 11.6 Å². The van der Waals surface area contributed by atoms with Crippen molar-refractivity contribution in [2.45, 2.75) is 49.3 Å². The lowest BCUT2D eigenvalue weighted by molar-refractivity contribution is 0.199. The molecule has 0 aliphatic carbocycles. The lowest BCUT2D eigenvalue weighted by Gasteiger charge is -2.50. The lowest BCUT2D eigenvalue weighted by atomic mass is 9.89. The molecule has 2 aromatic heterocycles. The number of aromatic nitrogens is 2. The van der Waals surface area contributed by atoms with Gasteiger partial charge in [-0.3, -0.25) is 24.2 Å². The van der Waals surface area contributed by atoms with Gasteiger partial charge in [-0.2, -0.15) is 0 Å². The number of pyridine rings is 2. The van der Waals surface area contributed by atoms with Gasteiger partial charge < -0.3 is 10.4 Å². The Kier molecular flexibility index (Phi) is 6.11. The van der Waals surface area contributed by atoms with E-state index in [1.54, 1.807) is 20.8 Å². The molecule has 4 rings (SSSR count). The van der Waals surface area contributed by atoms with Gasteiger partial charge in [0.05, 0.1) is 33.5 Å². The predicted octanol–water partition coefficient (Wildman–Crippen LogP) is 2.99. The first-order valence-corrected chi connectivity index (χ1v) is 12.7. The summed E-state index contributed by atoms with van der Waals surface area (Å²) in [6.45, 7) is 5.46. The average Bonchev–Trinajstić information content (AvgIpc) is 3.17. The second-order valence-corrected chi connectivity index (χ2v) is 12.7. The van der Waals surface area contributed by atoms with Crippen molar-refractivity contribution in [3.63, 3.8) is 0 Å². The highest BCUT2D eigenvalue weighted by Crippen LogP contribution is 2.48. The Labute approximate surface area is 201 Å². The minimum atomic E-state index is -3.28. The SMILES string of the molecule is CC1(C)C(NC(=O)O)=N[C@](C)(c2nc(NCc3ncc(F)cc3Cl)ccc2F)[C@H]2CCN[SH]21=O. The smallest absolute Gasteiger partial charge is 0.410 e. The normalized spacial score (nSPS) is 25.7. The molecule has 1 amide bonds. The van der Waals surface area contributed by atoms with E-state index in [0.717, 1.165) is 12.3 Å². The van der Waals surface area contributed by atoms with Crippen LogP contribution in [0.1, 0.15) is 38.6 Å². The van der Waals surface area contributed by atoms with Crippen molar-refractivity contribution in [3.8, 4) is 0 Å². The van der Waals surface area contributed by atoms with E-state index in [1.807, 2.05) is 0 Å². The van der Waals surface area contributed by atoms with Crippen LogP contribution in [-0.2, 0) is 22.2 Å². The summed E-state index contributed by atoms with van der Waals surface area (Å²) in [4.78, 5) is 24.4. The van der Waals surface area contributed by atoms with Gasteiger partial charge in [0, 0.05) is 6.54 Å². The molecular formula is C21H25ClF2N6O3S. The van der Waals surface area contributed by atoms with Crippen LogP contribution < -0.4 is 15.4 Å². The number of rotatable bonds is 4. The molecule has 2 atom stereocenters. The van der Waals surface area contributed by atoms with Crippen molar-refractivity contribution in [2.24, 2.45) is 4.99 Å². The largest absolute Gasteiger partial charge is 0.465 e. The quantitative estimate of drug-likeness (QED) is 0.399. The van der Waals surface area contributed by atoms with Crippen LogP contribution in [0.4, 0.5) is 19.4 Å². The Morgan fingerprint density at radius 3 is 2.76 bits per heavy atom. The zero-order chi connectivity index (χ0) is 24.9. The van der Waals surface area contributed by atoms with E-state index in [-0.39, 0.29) is 28.9 Å². The van der Waals surface area contributed by atoms with Crippen molar-refractivity contribution in [3.05, 3.63) is 52.4 Å². The number of hydrogen-bond acceptors (Lipinski definition) is 6. The van der Waals surface area contributed by atoms with Crippen molar-refractivity contribution in [1.29, 1.82) is 0 Å². The van der Waals surface area contributed by atoms with Gasteiger partial charge in [0.25, 0.3) is 0 Å². The Morgan fingerprint density at radius 1 is 1.35 bits per heavy atom. The second kappa shape index (κ2) is 8.51. The van der Waals surface area contributed by atoms with E-state index < -0.39 is 43.4 Å². The maximum absolute atomic E-state index is 15.2. The van der Waals surface area contributed by atoms with Crippen LogP contribution in [0.15, 0.2) is 29.4 Å². The number of anilines is 1. The van der Waals surface area contributed by atoms with Crippen LogP contribution in [0.2, 0.25) is 5.02 Å². The minimum absolute atomic E-state index is 0.0154. The van der Waals surface area contributed by atoms with E-state index in [0.29, 0.717) is 18.7 Å². The fraction of sp³-hybridized carbons (Fsp3) is 0.429. The summed E-state index contributed by atoms with van der Waals surface area (Å²) in [5.41, 5.74) is -1.10. The predicted molar refractivity (Wildman–Crippen MR) is 127 cm³/mol. The molecule has 34 heavy (non-hydrogen) atoms. The van der Waals surface area contributed by atoms with E-state index in [1.165, 1.54) is 12.1 Å². The monoisotopic (exact) mass is 514 g/mol. The number of aliphatic imine (C=N–C) groups is 1. The fourth-order valence-corrected chi connectivity index (χ4v) is 8.50. The van der Waals surface area contributed by atoms with Crippen molar-refractivity contribution in [1.82, 2.24) is 20.0 Å². The molecule has 0 saturated carbocycles. The van der Waals surface area contributed by atoms with Crippen LogP contribution in [0.3, 0.4) is 0 Å². The van der Waals surface area contributed by atoms with Crippen LogP contribution in [0, 0.1) is 11.6 Å². The number of hydrogen-bond donors (Lipinski definition) is 5. The molecule has 9 nitrogen and oxygen atoms in total. The minimum Gasteiger partial charge on any atom is -0.465 e. The van der Waals surface area contributed by atoms with Gasteiger partial charge in [-0.05, 0) is 55.5 Å². The van der Waals surface area contributed by atoms with E-state index >= 15 is 4.39 Å². The molecule has 184 valence electrons. The van der Waals surface area contributed by atoms with Gasteiger partial charge in [0.1, 0.15) is 34.5 Å². The zero-order valence-electron chi connectivity index (χ0n) is 18.7. The number of amides is 1. The highest BCUT2D eigenvalue weighted by molar-refractivity contribution is 8.04. The number of nitrogens with zero attached hydrogens (tertiary/aromatic N) is 3. The number of amidine groups is 1. The van der Waals surface area contributed by atoms with E-state index in [4.69, 9.17) is 11.6 Å². The molecule has 13 heteroatoms. The number of nitrogens with one attached hydrogen (secondary N) is 3. The number of thiol groups is 1. The van der Waals surface area contributed by atoms with E-state index in [9.17, 15) is 18.5 Å². The summed E-state index contributed by atoms with van der Waals surface area (Å²) < 4.78 is 44.5. The zero-order valence-corrected chi connectivity index (χ0v) is 20.3. The van der Waals surface area contributed by atoms with Gasteiger partial charge in [-0.25, -0.2) is 18.6 Å². The van der Waals surface area contributed by atoms with Crippen LogP contribution in [-0.4, -0.2) is 47.8 Å². The molecule has 1 saturated heterocycles. The van der Waals surface area contributed by atoms with Gasteiger partial charge in [-0.1, -0.05) is 11.6 Å². The van der Waals surface area contributed by atoms with Crippen LogP contribution in [0.25, 0.3) is 0 Å². The van der Waals surface area contributed by atoms with Crippen molar-refractivity contribution < 1.29 is 22.9 Å². The Morgan fingerprint density at radius 2 is 2.09 bits per heavy atom. The standard InChI is InChI=1S/C21H25ClF2N6O3S/c1-20(2)18(29-19(31)32)30-21(3,15-6-7-27-34(15,20)33)17-13(24)4-5-16(28-17)26-10-14-12(22)8-11(23)9-25-14/h4-5,8-9,15,34H,6-7,10H2,1-3H3,(H,26,28)(H,27,33)(H,29,30)(H,31,32)/t15-,21+/m1/s1. The third-order valence-corrected chi connectivity index (χ3v) is 11.0. The Balaban J connectivity index is 1.76. The fourth-order valence-electron chi connectivity index (χ4n) is 4.62. The Bertz CT molecular complexity index is 1240. The highest BCUT2D eigenvalue weighted by atomic mass is 35.5. The average molecular weight is 515 g/mol. The van der Waals surface area contributed by atoms with Crippen LogP contribution in [0.5, 0.6) is 0 Å². The molecule has 4 N–H and O–H groups in total. The molecule has 1 fully saturated rings. The lowest BCUT2D eigenvalue weighted by Crippen LogP contribution is -2.66. The summed E-state index contributed by atoms with van der Waals surface area (Å²) in [5, 5.41) is 14.1. The maximum Gasteiger partial charge on any atom is 0.410 e. The molecular weight excluding hydrogens is 490 g/mol. The molecule has 2 aromatic rings. The molecule has 2 aliphatic heterocycles. The van der Waals surface area contributed by atoms with Gasteiger partial charge in [-0.15, -0.1) is 0 Å². The maximum atomic E-state index is 15.2. The van der Waals surface area contributed by atoms with Gasteiger partial charge >= 0.3 is 6.09 Å². The van der Waals surface area contributed by atoms with Gasteiger partial charge in [0.2, 0.25) is 0 Å². The summed E-state index contributed by atoms with van der Waals surface area (Å²) in [7, 11) is -3.28. The summed E-state index contributed by atoms with van der Waals surface area (Å²) in [5.74, 6) is -0.975. The Hall–Kier alpha value is -2.70. The first-order valence-electron chi connectivity index (χ1n) is 10.5. The van der Waals surface area contributed by atoms with Gasteiger partial charge in [0.15, 0.2) is 0 Å². The van der Waals surface area contributed by atoms with Crippen molar-refractivity contribution in [2.75, 3.05) is 11.9 Å². The number of fused-ring (bicyclic) bond motifs is 1. The van der Waals surface area contributed by atoms with Crippen molar-refractivity contribution >= 4 is 39.5 Å². The molecule has 0 bridgehead atoms. The summed E-state index contributed by atoms with van der Waals surface area (Å²) in [6, 6.07) is 3.76. The summed E-state index contributed by atoms with van der Waals surface area (Å²) >= 11 is 6.02. The molecule has 0 radical (unpaired) electrons. The molecule has 4 heterocycles. The first-order chi connectivity index (χ1) is 15.9. The number of halogens is 3. The molecule has 0 aromatic carbocycles. The third kappa shape index (κ3) is 3.93. The number of carboxylic acid groups (broad SMARTS) is 1. The third-order valence-electron chi connectivity index (χ3n) is 6.48. The second-order valence-electron chi connectivity index (χ2n) is 8.93. The topological polar surface area (TPSA) is 129 Å². The highest BCUT2D eigenvalue weighted by Gasteiger charge is 2.59. The number of carbonyl (C=O) groups is 1. The van der Waals surface area contributed by atoms with E-state index in [2.05, 4.69) is 30.3 Å². The molecule has 0 unspecified atom stereocenters. The summed E-state index contributed by atoms with van der Waals surface area (Å²) in [6.07, 6.45) is 0.133. The molecule has 2 aliphatic rings.